The van der Waals surface area contributed by atoms with Gasteiger partial charge < -0.3 is 24.4 Å². The van der Waals surface area contributed by atoms with Crippen LogP contribution in [0.2, 0.25) is 0 Å². The van der Waals surface area contributed by atoms with Crippen molar-refractivity contribution in [1.82, 2.24) is 10.2 Å². The second kappa shape index (κ2) is 13.2. The number of benzene rings is 2. The zero-order valence-electron chi connectivity index (χ0n) is 24.8. The average molecular weight is 660 g/mol. The number of carbonyl (C=O) groups is 2. The van der Waals surface area contributed by atoms with E-state index >= 15 is 0 Å². The summed E-state index contributed by atoms with van der Waals surface area (Å²) < 4.78 is 95.6. The number of methoxy groups -OCH3 is 1. The van der Waals surface area contributed by atoms with Crippen molar-refractivity contribution in [2.75, 3.05) is 20.2 Å². The maximum Gasteiger partial charge on any atom is 0.416 e. The van der Waals surface area contributed by atoms with E-state index in [1.165, 1.54) is 31.0 Å². The fraction of sp³-hybridized carbons (Fsp3) is 0.433. The van der Waals surface area contributed by atoms with Crippen molar-refractivity contribution < 1.29 is 50.1 Å². The number of nitrogens with zero attached hydrogens (tertiary/aromatic N) is 2. The fourth-order valence-corrected chi connectivity index (χ4v) is 5.53. The molecule has 0 atom stereocenters. The zero-order valence-corrected chi connectivity index (χ0v) is 25.6. The van der Waals surface area contributed by atoms with Gasteiger partial charge in [-0.25, -0.2) is 4.79 Å². The number of thioether (sulfide) groups is 1. The predicted molar refractivity (Wildman–Crippen MR) is 156 cm³/mol. The summed E-state index contributed by atoms with van der Waals surface area (Å²) in [5.41, 5.74) is -3.42. The minimum absolute atomic E-state index is 0.0536. The van der Waals surface area contributed by atoms with Crippen LogP contribution < -0.4 is 14.8 Å². The maximum atomic E-state index is 13.5. The van der Waals surface area contributed by atoms with Crippen LogP contribution in [-0.4, -0.2) is 53.9 Å². The van der Waals surface area contributed by atoms with Crippen LogP contribution in [0.5, 0.6) is 11.5 Å². The number of piperidine rings is 1. The summed E-state index contributed by atoms with van der Waals surface area (Å²) in [6.45, 7) is 5.83. The Morgan fingerprint density at radius 3 is 2.31 bits per heavy atom. The molecule has 0 radical (unpaired) electrons. The summed E-state index contributed by atoms with van der Waals surface area (Å²) in [7, 11) is 1.32. The van der Waals surface area contributed by atoms with Gasteiger partial charge in [0.1, 0.15) is 12.2 Å². The first-order chi connectivity index (χ1) is 20.9. The van der Waals surface area contributed by atoms with Gasteiger partial charge in [-0.3, -0.25) is 4.79 Å². The molecule has 45 heavy (non-hydrogen) atoms. The number of aliphatic imine (C=N–C) groups is 1. The van der Waals surface area contributed by atoms with Crippen molar-refractivity contribution in [3.05, 3.63) is 63.6 Å². The average Bonchev–Trinajstić information content (AvgIpc) is 3.30. The SMILES string of the molecule is COc1cc(/C=C2\SC(N3CCC(NC(=O)OC(C)(C)C)CC3)=NC2=O)ccc1OCc1ccc(C(F)(F)F)cc1C(F)(F)F. The van der Waals surface area contributed by atoms with Crippen molar-refractivity contribution in [3.8, 4) is 11.5 Å². The Kier molecular flexibility index (Phi) is 10.00. The number of nitrogens with one attached hydrogen (secondary N) is 1. The number of carbonyl (C=O) groups excluding carboxylic acids is 2. The zero-order chi connectivity index (χ0) is 33.2. The summed E-state index contributed by atoms with van der Waals surface area (Å²) >= 11 is 1.19. The molecule has 2 aliphatic heterocycles. The highest BCUT2D eigenvalue weighted by Crippen LogP contribution is 2.39. The van der Waals surface area contributed by atoms with Crippen LogP contribution in [-0.2, 0) is 28.5 Å². The summed E-state index contributed by atoms with van der Waals surface area (Å²) in [5, 5.41) is 3.39. The highest BCUT2D eigenvalue weighted by atomic mass is 32.2. The van der Waals surface area contributed by atoms with Crippen LogP contribution in [0.1, 0.15) is 55.9 Å². The van der Waals surface area contributed by atoms with E-state index in [0.29, 0.717) is 47.6 Å². The third-order valence-electron chi connectivity index (χ3n) is 6.71. The van der Waals surface area contributed by atoms with E-state index in [4.69, 9.17) is 14.2 Å². The van der Waals surface area contributed by atoms with Crippen LogP contribution in [0, 0.1) is 0 Å². The second-order valence-electron chi connectivity index (χ2n) is 11.3. The number of hydrogen-bond acceptors (Lipinski definition) is 7. The molecule has 2 aliphatic rings. The van der Waals surface area contributed by atoms with Gasteiger partial charge in [0.15, 0.2) is 16.7 Å². The van der Waals surface area contributed by atoms with Crippen LogP contribution in [0.25, 0.3) is 6.08 Å². The van der Waals surface area contributed by atoms with Gasteiger partial charge in [-0.05, 0) is 81.3 Å². The molecule has 1 saturated heterocycles. The van der Waals surface area contributed by atoms with Gasteiger partial charge in [-0.15, -0.1) is 0 Å². The molecule has 0 bridgehead atoms. The van der Waals surface area contributed by atoms with Crippen molar-refractivity contribution in [3.63, 3.8) is 0 Å². The number of ether oxygens (including phenoxy) is 3. The highest BCUT2D eigenvalue weighted by Gasteiger charge is 2.38. The van der Waals surface area contributed by atoms with E-state index in [1.54, 1.807) is 32.9 Å². The Bertz CT molecular complexity index is 1490. The van der Waals surface area contributed by atoms with E-state index < -0.39 is 53.3 Å². The smallest absolute Gasteiger partial charge is 0.416 e. The molecule has 1 fully saturated rings. The lowest BCUT2D eigenvalue weighted by molar-refractivity contribution is -0.143. The molecule has 2 amide bonds. The number of rotatable bonds is 6. The third-order valence-corrected chi connectivity index (χ3v) is 7.75. The predicted octanol–water partition coefficient (Wildman–Crippen LogP) is 7.27. The molecule has 15 heteroatoms. The molecule has 2 aromatic rings. The maximum absolute atomic E-state index is 13.5. The van der Waals surface area contributed by atoms with Crippen LogP contribution in [0.4, 0.5) is 31.1 Å². The molecular formula is C30H31F6N3O5S. The molecular weight excluding hydrogens is 628 g/mol. The number of amidine groups is 1. The summed E-state index contributed by atoms with van der Waals surface area (Å²) in [5.74, 6) is -0.246. The van der Waals surface area contributed by atoms with Gasteiger partial charge >= 0.3 is 18.4 Å². The normalized spacial score (nSPS) is 17.4. The van der Waals surface area contributed by atoms with Gasteiger partial charge in [0, 0.05) is 24.7 Å². The first-order valence-corrected chi connectivity index (χ1v) is 14.6. The largest absolute Gasteiger partial charge is 0.493 e. The van der Waals surface area contributed by atoms with Crippen molar-refractivity contribution in [1.29, 1.82) is 0 Å². The van der Waals surface area contributed by atoms with E-state index in [9.17, 15) is 35.9 Å². The lowest BCUT2D eigenvalue weighted by atomic mass is 10.0. The number of likely N-dealkylation sites (tertiary alicyclic amines) is 1. The lowest BCUT2D eigenvalue weighted by Crippen LogP contribution is -2.47. The van der Waals surface area contributed by atoms with E-state index in [0.717, 1.165) is 6.07 Å². The molecule has 0 aromatic heterocycles. The lowest BCUT2D eigenvalue weighted by Gasteiger charge is -2.33. The van der Waals surface area contributed by atoms with E-state index in [-0.39, 0.29) is 23.6 Å². The molecule has 2 heterocycles. The Morgan fingerprint density at radius 2 is 1.71 bits per heavy atom. The third kappa shape index (κ3) is 9.08. The number of amides is 2. The molecule has 0 aliphatic carbocycles. The Balaban J connectivity index is 1.39. The van der Waals surface area contributed by atoms with Gasteiger partial charge in [0.2, 0.25) is 0 Å². The highest BCUT2D eigenvalue weighted by molar-refractivity contribution is 8.18. The minimum atomic E-state index is -5.03. The fourth-order valence-electron chi connectivity index (χ4n) is 4.57. The standard InChI is InChI=1S/C30H31F6N3O5S/c1-28(2,3)44-27(41)37-20-9-11-39(12-10-20)26-38-25(40)24(45-26)14-17-5-8-22(23(13-17)42-4)43-16-18-6-7-19(29(31,32)33)15-21(18)30(34,35)36/h5-8,13-15,20H,9-12,16H2,1-4H3,(H,37,41)/b24-14-. The Labute approximate surface area is 259 Å². The van der Waals surface area contributed by atoms with E-state index in [1.807, 2.05) is 4.90 Å². The molecule has 0 saturated carbocycles. The van der Waals surface area contributed by atoms with Gasteiger partial charge in [-0.1, -0.05) is 12.1 Å². The monoisotopic (exact) mass is 659 g/mol. The molecule has 1 N–H and O–H groups in total. The van der Waals surface area contributed by atoms with E-state index in [2.05, 4.69) is 10.3 Å². The Morgan fingerprint density at radius 1 is 1.02 bits per heavy atom. The first kappa shape index (κ1) is 34.0. The minimum Gasteiger partial charge on any atom is -0.493 e. The quantitative estimate of drug-likeness (QED) is 0.258. The topological polar surface area (TPSA) is 89.5 Å². The molecule has 8 nitrogen and oxygen atoms in total. The molecule has 244 valence electrons. The van der Waals surface area contributed by atoms with Crippen LogP contribution in [0.3, 0.4) is 0 Å². The number of alkyl carbamates (subject to hydrolysis) is 1. The van der Waals surface area contributed by atoms with Crippen LogP contribution >= 0.6 is 11.8 Å². The Hall–Kier alpha value is -3.88. The van der Waals surface area contributed by atoms with Crippen molar-refractivity contribution in [2.24, 2.45) is 4.99 Å². The summed E-state index contributed by atoms with van der Waals surface area (Å²) in [6, 6.07) is 5.79. The number of alkyl halides is 6. The number of hydrogen-bond donors (Lipinski definition) is 1. The second-order valence-corrected chi connectivity index (χ2v) is 12.3. The first-order valence-electron chi connectivity index (χ1n) is 13.8. The molecule has 0 spiro atoms. The van der Waals surface area contributed by atoms with Gasteiger partial charge in [-0.2, -0.15) is 31.3 Å². The molecule has 0 unspecified atom stereocenters. The molecule has 2 aromatic carbocycles. The van der Waals surface area contributed by atoms with Gasteiger partial charge in [0.05, 0.1) is 23.1 Å². The molecule has 4 rings (SSSR count). The van der Waals surface area contributed by atoms with Crippen LogP contribution in [0.15, 0.2) is 46.3 Å². The number of halogens is 6. The summed E-state index contributed by atoms with van der Waals surface area (Å²) in [6.07, 6.45) is -7.58. The summed E-state index contributed by atoms with van der Waals surface area (Å²) in [4.78, 5) is 31.2. The van der Waals surface area contributed by atoms with Gasteiger partial charge in [0.25, 0.3) is 5.91 Å². The van der Waals surface area contributed by atoms with Crippen molar-refractivity contribution >= 4 is 35.0 Å². The van der Waals surface area contributed by atoms with Crippen molar-refractivity contribution in [2.45, 2.75) is 64.2 Å².